The van der Waals surface area contributed by atoms with E-state index in [9.17, 15) is 0 Å². The summed E-state index contributed by atoms with van der Waals surface area (Å²) in [5, 5.41) is 7.73. The van der Waals surface area contributed by atoms with Gasteiger partial charge in [0.25, 0.3) is 0 Å². The second kappa shape index (κ2) is 4.89. The number of nitrogens with zero attached hydrogens (tertiary/aromatic N) is 3. The van der Waals surface area contributed by atoms with Gasteiger partial charge in [-0.3, -0.25) is 5.01 Å². The Morgan fingerprint density at radius 1 is 1.24 bits per heavy atom. The third-order valence-corrected chi connectivity index (χ3v) is 5.49. The summed E-state index contributed by atoms with van der Waals surface area (Å²) in [5.41, 5.74) is 1.18. The molecule has 1 spiro atoms. The van der Waals surface area contributed by atoms with Gasteiger partial charge in [0, 0.05) is 11.6 Å². The SMILES string of the molecule is COC1=NN(c2ccc(Cl)cc2)C2(C1)CN1CCC2CC1. The number of fused-ring (bicyclic) bond motifs is 2. The van der Waals surface area contributed by atoms with E-state index in [1.165, 1.54) is 25.9 Å². The van der Waals surface area contributed by atoms with Gasteiger partial charge in [-0.15, -0.1) is 5.10 Å². The van der Waals surface area contributed by atoms with Gasteiger partial charge in [-0.05, 0) is 56.1 Å². The third-order valence-electron chi connectivity index (χ3n) is 5.24. The van der Waals surface area contributed by atoms with Crippen LogP contribution < -0.4 is 5.01 Å². The molecule has 3 fully saturated rings. The molecule has 5 heteroatoms. The molecule has 4 heterocycles. The molecule has 4 aliphatic heterocycles. The quantitative estimate of drug-likeness (QED) is 0.798. The number of methoxy groups -OCH3 is 1. The standard InChI is InChI=1S/C16H20ClN3O/c1-21-15-10-16(11-19-8-6-12(16)7-9-19)20(18-15)14-4-2-13(17)3-5-14/h2-5,12H,6-11H2,1H3. The lowest BCUT2D eigenvalue weighted by atomic mass is 9.71. The minimum atomic E-state index is 0.0652. The number of hydrogen-bond acceptors (Lipinski definition) is 4. The fourth-order valence-electron chi connectivity index (χ4n) is 4.18. The Kier molecular flexibility index (Phi) is 3.12. The van der Waals surface area contributed by atoms with Crippen LogP contribution in [0, 0.1) is 5.92 Å². The van der Waals surface area contributed by atoms with E-state index in [4.69, 9.17) is 21.4 Å². The van der Waals surface area contributed by atoms with Crippen molar-refractivity contribution >= 4 is 23.2 Å². The second-order valence-electron chi connectivity index (χ2n) is 6.32. The van der Waals surface area contributed by atoms with Crippen LogP contribution in [0.5, 0.6) is 0 Å². The predicted molar refractivity (Wildman–Crippen MR) is 84.9 cm³/mol. The van der Waals surface area contributed by atoms with Crippen molar-refractivity contribution in [1.29, 1.82) is 0 Å². The van der Waals surface area contributed by atoms with Gasteiger partial charge >= 0.3 is 0 Å². The van der Waals surface area contributed by atoms with Crippen molar-refractivity contribution < 1.29 is 4.74 Å². The highest BCUT2D eigenvalue weighted by Crippen LogP contribution is 2.47. The van der Waals surface area contributed by atoms with Crippen LogP contribution >= 0.6 is 11.6 Å². The Labute approximate surface area is 130 Å². The molecule has 0 saturated carbocycles. The molecule has 3 saturated heterocycles. The van der Waals surface area contributed by atoms with Gasteiger partial charge in [0.15, 0.2) is 0 Å². The summed E-state index contributed by atoms with van der Waals surface area (Å²) in [5.74, 6) is 1.54. The first-order valence-electron chi connectivity index (χ1n) is 7.61. The van der Waals surface area contributed by atoms with Gasteiger partial charge in [-0.25, -0.2) is 0 Å². The maximum atomic E-state index is 6.03. The number of benzene rings is 1. The summed E-state index contributed by atoms with van der Waals surface area (Å²) in [6, 6.07) is 7.99. The van der Waals surface area contributed by atoms with Gasteiger partial charge < -0.3 is 9.64 Å². The zero-order chi connectivity index (χ0) is 14.4. The first-order chi connectivity index (χ1) is 10.2. The number of hydrogen-bond donors (Lipinski definition) is 0. The number of halogens is 1. The molecule has 1 aromatic rings. The van der Waals surface area contributed by atoms with Crippen LogP contribution in [0.2, 0.25) is 5.02 Å². The predicted octanol–water partition coefficient (Wildman–Crippen LogP) is 2.97. The van der Waals surface area contributed by atoms with Crippen molar-refractivity contribution in [2.75, 3.05) is 31.8 Å². The lowest BCUT2D eigenvalue weighted by molar-refractivity contribution is 0.0307. The molecule has 0 amide bonds. The molecule has 0 aliphatic carbocycles. The van der Waals surface area contributed by atoms with Crippen molar-refractivity contribution in [2.24, 2.45) is 11.0 Å². The van der Waals surface area contributed by atoms with E-state index in [1.807, 2.05) is 12.1 Å². The monoisotopic (exact) mass is 305 g/mol. The molecular weight excluding hydrogens is 286 g/mol. The molecule has 0 aromatic heterocycles. The summed E-state index contributed by atoms with van der Waals surface area (Å²) in [7, 11) is 1.72. The summed E-state index contributed by atoms with van der Waals surface area (Å²) in [6.45, 7) is 3.53. The molecule has 1 aromatic carbocycles. The highest BCUT2D eigenvalue weighted by atomic mass is 35.5. The van der Waals surface area contributed by atoms with Crippen LogP contribution in [-0.2, 0) is 4.74 Å². The molecule has 5 rings (SSSR count). The van der Waals surface area contributed by atoms with Crippen molar-refractivity contribution in [3.8, 4) is 0 Å². The molecule has 0 radical (unpaired) electrons. The highest BCUT2D eigenvalue weighted by Gasteiger charge is 2.54. The Hall–Kier alpha value is -1.26. The maximum absolute atomic E-state index is 6.03. The average Bonchev–Trinajstić information content (AvgIpc) is 2.88. The molecule has 4 aliphatic rings. The normalized spacial score (nSPS) is 34.4. The van der Waals surface area contributed by atoms with Crippen molar-refractivity contribution in [3.05, 3.63) is 29.3 Å². The number of rotatable bonds is 1. The van der Waals surface area contributed by atoms with Crippen LogP contribution in [0.25, 0.3) is 0 Å². The van der Waals surface area contributed by atoms with Crippen molar-refractivity contribution in [2.45, 2.75) is 24.8 Å². The Balaban J connectivity index is 1.74. The smallest absolute Gasteiger partial charge is 0.208 e. The van der Waals surface area contributed by atoms with Crippen LogP contribution in [0.4, 0.5) is 5.69 Å². The van der Waals surface area contributed by atoms with Crippen LogP contribution in [0.1, 0.15) is 19.3 Å². The molecule has 112 valence electrons. The zero-order valence-electron chi connectivity index (χ0n) is 12.3. The number of piperidine rings is 3. The van der Waals surface area contributed by atoms with E-state index in [0.717, 1.165) is 29.6 Å². The molecular formula is C16H20ClN3O. The number of anilines is 1. The minimum Gasteiger partial charge on any atom is -0.483 e. The molecule has 4 nitrogen and oxygen atoms in total. The van der Waals surface area contributed by atoms with Gasteiger partial charge in [0.2, 0.25) is 5.90 Å². The summed E-state index contributed by atoms with van der Waals surface area (Å²) >= 11 is 6.03. The maximum Gasteiger partial charge on any atom is 0.208 e. The third kappa shape index (κ3) is 2.04. The Morgan fingerprint density at radius 2 is 1.95 bits per heavy atom. The van der Waals surface area contributed by atoms with E-state index in [0.29, 0.717) is 5.92 Å². The Bertz CT molecular complexity index is 565. The van der Waals surface area contributed by atoms with Crippen molar-refractivity contribution in [3.63, 3.8) is 0 Å². The lowest BCUT2D eigenvalue weighted by Crippen LogP contribution is -2.64. The topological polar surface area (TPSA) is 28.1 Å². The van der Waals surface area contributed by atoms with E-state index < -0.39 is 0 Å². The van der Waals surface area contributed by atoms with Crippen molar-refractivity contribution in [1.82, 2.24) is 4.90 Å². The second-order valence-corrected chi connectivity index (χ2v) is 6.75. The van der Waals surface area contributed by atoms with E-state index in [2.05, 4.69) is 22.0 Å². The first-order valence-corrected chi connectivity index (χ1v) is 7.99. The van der Waals surface area contributed by atoms with Gasteiger partial charge in [-0.2, -0.15) is 0 Å². The van der Waals surface area contributed by atoms with Crippen LogP contribution in [-0.4, -0.2) is 43.1 Å². The molecule has 21 heavy (non-hydrogen) atoms. The van der Waals surface area contributed by atoms with E-state index >= 15 is 0 Å². The summed E-state index contributed by atoms with van der Waals surface area (Å²) in [4.78, 5) is 2.57. The van der Waals surface area contributed by atoms with Gasteiger partial charge in [0.1, 0.15) is 0 Å². The van der Waals surface area contributed by atoms with Gasteiger partial charge in [0.05, 0.1) is 24.8 Å². The highest BCUT2D eigenvalue weighted by molar-refractivity contribution is 6.30. The van der Waals surface area contributed by atoms with E-state index in [-0.39, 0.29) is 5.54 Å². The number of ether oxygens (including phenoxy) is 1. The fourth-order valence-corrected chi connectivity index (χ4v) is 4.30. The zero-order valence-corrected chi connectivity index (χ0v) is 13.0. The van der Waals surface area contributed by atoms with Crippen LogP contribution in [0.3, 0.4) is 0 Å². The summed E-state index contributed by atoms with van der Waals surface area (Å²) < 4.78 is 5.49. The molecule has 0 N–H and O–H groups in total. The lowest BCUT2D eigenvalue weighted by Gasteiger charge is -2.54. The van der Waals surface area contributed by atoms with E-state index in [1.54, 1.807) is 7.11 Å². The van der Waals surface area contributed by atoms with Crippen LogP contribution in [0.15, 0.2) is 29.4 Å². The Morgan fingerprint density at radius 3 is 2.52 bits per heavy atom. The first kappa shape index (κ1) is 13.4. The largest absolute Gasteiger partial charge is 0.483 e. The molecule has 1 unspecified atom stereocenters. The van der Waals surface area contributed by atoms with Gasteiger partial charge in [-0.1, -0.05) is 11.6 Å². The molecule has 1 atom stereocenters. The number of hydrazone groups is 1. The fraction of sp³-hybridized carbons (Fsp3) is 0.562. The average molecular weight is 306 g/mol. The summed E-state index contributed by atoms with van der Waals surface area (Å²) in [6.07, 6.45) is 3.43. The molecule has 2 bridgehead atoms. The minimum absolute atomic E-state index is 0.0652.